The third-order valence-corrected chi connectivity index (χ3v) is 11.1. The number of allylic oxidation sites excluding steroid dienone is 16. The van der Waals surface area contributed by atoms with Gasteiger partial charge in [-0.15, -0.1) is 0 Å². The monoisotopic (exact) mass is 903 g/mol. The van der Waals surface area contributed by atoms with Gasteiger partial charge in [-0.25, -0.2) is 0 Å². The van der Waals surface area contributed by atoms with E-state index in [9.17, 15) is 14.4 Å². The smallest absolute Gasteiger partial charge is 0.306 e. The average molecular weight is 903 g/mol. The number of hydrogen-bond acceptors (Lipinski definition) is 6. The van der Waals surface area contributed by atoms with Crippen LogP contribution in [0.1, 0.15) is 239 Å². The minimum Gasteiger partial charge on any atom is -0.462 e. The van der Waals surface area contributed by atoms with Crippen LogP contribution in [0.25, 0.3) is 0 Å². The maximum atomic E-state index is 12.8. The summed E-state index contributed by atoms with van der Waals surface area (Å²) in [4.78, 5) is 38.0. The van der Waals surface area contributed by atoms with E-state index in [-0.39, 0.29) is 37.5 Å². The fourth-order valence-electron chi connectivity index (χ4n) is 7.13. The van der Waals surface area contributed by atoms with E-state index in [2.05, 4.69) is 118 Å². The molecule has 0 aromatic heterocycles. The first-order chi connectivity index (χ1) is 32.0. The van der Waals surface area contributed by atoms with Crippen LogP contribution in [0, 0.1) is 0 Å². The zero-order chi connectivity index (χ0) is 47.2. The van der Waals surface area contributed by atoms with E-state index in [1.54, 1.807) is 0 Å². The van der Waals surface area contributed by atoms with Crippen LogP contribution in [-0.4, -0.2) is 37.2 Å². The second-order valence-electron chi connectivity index (χ2n) is 17.4. The molecule has 0 aliphatic rings. The molecule has 1 unspecified atom stereocenters. The number of rotatable bonds is 47. The lowest BCUT2D eigenvalue weighted by molar-refractivity contribution is -0.167. The van der Waals surface area contributed by atoms with Gasteiger partial charge in [-0.05, 0) is 96.3 Å². The van der Waals surface area contributed by atoms with Crippen molar-refractivity contribution in [2.45, 2.75) is 245 Å². The highest BCUT2D eigenvalue weighted by atomic mass is 16.6. The predicted molar refractivity (Wildman–Crippen MR) is 279 cm³/mol. The number of unbranched alkanes of at least 4 members (excludes halogenated alkanes) is 20. The molecule has 0 aromatic carbocycles. The first-order valence-corrected chi connectivity index (χ1v) is 26.7. The molecule has 65 heavy (non-hydrogen) atoms. The summed E-state index contributed by atoms with van der Waals surface area (Å²) < 4.78 is 16.8. The minimum atomic E-state index is -0.800. The summed E-state index contributed by atoms with van der Waals surface area (Å²) in [5, 5.41) is 0. The quantitative estimate of drug-likeness (QED) is 0.0262. The Hall–Kier alpha value is -3.67. The van der Waals surface area contributed by atoms with Crippen molar-refractivity contribution in [3.63, 3.8) is 0 Å². The summed E-state index contributed by atoms with van der Waals surface area (Å²) in [7, 11) is 0. The lowest BCUT2D eigenvalue weighted by atomic mass is 10.0. The first kappa shape index (κ1) is 61.3. The fourth-order valence-corrected chi connectivity index (χ4v) is 7.13. The third-order valence-electron chi connectivity index (χ3n) is 11.1. The highest BCUT2D eigenvalue weighted by molar-refractivity contribution is 5.71. The van der Waals surface area contributed by atoms with Gasteiger partial charge in [0.15, 0.2) is 6.10 Å². The molecule has 0 rings (SSSR count). The SMILES string of the molecule is CC/C=C\C/C=C\C/C=C\C/C=C\C/C=C\CCCCCCCC(=O)OCC(COC(=O)CCCCCCCCCCCCCCC)OC(=O)CCCCC/C=C\C/C=C\C/C=C\CC. The fraction of sp³-hybridized carbons (Fsp3) is 0.678. The van der Waals surface area contributed by atoms with Gasteiger partial charge in [-0.2, -0.15) is 0 Å². The zero-order valence-corrected chi connectivity index (χ0v) is 42.2. The molecule has 0 amide bonds. The van der Waals surface area contributed by atoms with E-state index in [1.165, 1.54) is 64.2 Å². The molecule has 0 aliphatic heterocycles. The lowest BCUT2D eigenvalue weighted by Gasteiger charge is -2.18. The summed E-state index contributed by atoms with van der Waals surface area (Å²) in [6.07, 6.45) is 69.6. The topological polar surface area (TPSA) is 78.9 Å². The van der Waals surface area contributed by atoms with Crippen molar-refractivity contribution in [1.82, 2.24) is 0 Å². The first-order valence-electron chi connectivity index (χ1n) is 26.7. The van der Waals surface area contributed by atoms with Crippen LogP contribution in [0.15, 0.2) is 97.2 Å². The number of hydrogen-bond donors (Lipinski definition) is 0. The van der Waals surface area contributed by atoms with Crippen molar-refractivity contribution < 1.29 is 28.6 Å². The molecule has 0 aromatic rings. The Kier molecular flexibility index (Phi) is 50.0. The Morgan fingerprint density at radius 3 is 0.954 bits per heavy atom. The van der Waals surface area contributed by atoms with Crippen LogP contribution < -0.4 is 0 Å². The van der Waals surface area contributed by atoms with Gasteiger partial charge in [0, 0.05) is 19.3 Å². The van der Waals surface area contributed by atoms with Crippen LogP contribution >= 0.6 is 0 Å². The standard InChI is InChI=1S/C59H98O6/c1-4-7-10-13-16-19-22-25-26-27-28-29-30-31-32-35-37-40-43-46-49-52-58(61)64-55-56(65-59(62)53-50-47-44-41-38-34-24-21-18-15-12-9-6-3)54-63-57(60)51-48-45-42-39-36-33-23-20-17-14-11-8-5-2/h7,9-10,12,16,18-19,21,25-26,28-29,31-32,34,38,56H,4-6,8,11,13-15,17,20,22-24,27,30,33,35-37,39-55H2,1-3H3/b10-7-,12-9-,19-16-,21-18-,26-25-,29-28-,32-31-,38-34-. The highest BCUT2D eigenvalue weighted by Crippen LogP contribution is 2.14. The predicted octanol–water partition coefficient (Wildman–Crippen LogP) is 17.8. The Labute approximate surface area is 400 Å². The summed E-state index contributed by atoms with van der Waals surface area (Å²) >= 11 is 0. The van der Waals surface area contributed by atoms with Gasteiger partial charge in [-0.3, -0.25) is 14.4 Å². The van der Waals surface area contributed by atoms with E-state index in [0.29, 0.717) is 12.8 Å². The Bertz CT molecular complexity index is 1310. The molecule has 0 fully saturated rings. The molecule has 0 aliphatic carbocycles. The van der Waals surface area contributed by atoms with Crippen molar-refractivity contribution in [2.75, 3.05) is 13.2 Å². The molecule has 0 saturated heterocycles. The van der Waals surface area contributed by atoms with Gasteiger partial charge < -0.3 is 14.2 Å². The Morgan fingerprint density at radius 1 is 0.323 bits per heavy atom. The number of esters is 3. The van der Waals surface area contributed by atoms with Crippen LogP contribution in [-0.2, 0) is 28.6 Å². The van der Waals surface area contributed by atoms with Crippen LogP contribution in [0.3, 0.4) is 0 Å². The van der Waals surface area contributed by atoms with Gasteiger partial charge in [0.1, 0.15) is 13.2 Å². The van der Waals surface area contributed by atoms with E-state index in [0.717, 1.165) is 135 Å². The van der Waals surface area contributed by atoms with Crippen LogP contribution in [0.2, 0.25) is 0 Å². The van der Waals surface area contributed by atoms with Gasteiger partial charge in [0.05, 0.1) is 0 Å². The second kappa shape index (κ2) is 52.9. The van der Waals surface area contributed by atoms with Gasteiger partial charge in [0.25, 0.3) is 0 Å². The zero-order valence-electron chi connectivity index (χ0n) is 42.2. The van der Waals surface area contributed by atoms with Crippen LogP contribution in [0.5, 0.6) is 0 Å². The van der Waals surface area contributed by atoms with Crippen molar-refractivity contribution in [3.05, 3.63) is 97.2 Å². The Morgan fingerprint density at radius 2 is 0.600 bits per heavy atom. The lowest BCUT2D eigenvalue weighted by Crippen LogP contribution is -2.30. The van der Waals surface area contributed by atoms with Crippen LogP contribution in [0.4, 0.5) is 0 Å². The molecule has 0 heterocycles. The van der Waals surface area contributed by atoms with Crippen molar-refractivity contribution >= 4 is 17.9 Å². The molecule has 6 heteroatoms. The maximum absolute atomic E-state index is 12.8. The number of carbonyl (C=O) groups excluding carboxylic acids is 3. The van der Waals surface area contributed by atoms with E-state index in [1.807, 2.05) is 0 Å². The summed E-state index contributed by atoms with van der Waals surface area (Å²) in [6.45, 7) is 6.36. The molecule has 0 N–H and O–H groups in total. The highest BCUT2D eigenvalue weighted by Gasteiger charge is 2.19. The molecule has 0 bridgehead atoms. The van der Waals surface area contributed by atoms with Gasteiger partial charge in [-0.1, -0.05) is 221 Å². The molecule has 370 valence electrons. The van der Waals surface area contributed by atoms with E-state index < -0.39 is 6.10 Å². The molecule has 6 nitrogen and oxygen atoms in total. The summed E-state index contributed by atoms with van der Waals surface area (Å²) in [6, 6.07) is 0. The molecule has 0 radical (unpaired) electrons. The van der Waals surface area contributed by atoms with Gasteiger partial charge >= 0.3 is 17.9 Å². The summed E-state index contributed by atoms with van der Waals surface area (Å²) in [5.74, 6) is -0.945. The maximum Gasteiger partial charge on any atom is 0.306 e. The molecule has 0 spiro atoms. The molecular formula is C59H98O6. The summed E-state index contributed by atoms with van der Waals surface area (Å²) in [5.41, 5.74) is 0. The van der Waals surface area contributed by atoms with Crippen molar-refractivity contribution in [2.24, 2.45) is 0 Å². The largest absolute Gasteiger partial charge is 0.462 e. The Balaban J connectivity index is 4.42. The molecule has 0 saturated carbocycles. The number of carbonyl (C=O) groups is 3. The molecule has 1 atom stereocenters. The van der Waals surface area contributed by atoms with E-state index in [4.69, 9.17) is 14.2 Å². The normalized spacial score (nSPS) is 12.8. The average Bonchev–Trinajstić information content (AvgIpc) is 3.30. The second-order valence-corrected chi connectivity index (χ2v) is 17.4. The van der Waals surface area contributed by atoms with Gasteiger partial charge in [0.2, 0.25) is 0 Å². The third kappa shape index (κ3) is 51.2. The van der Waals surface area contributed by atoms with Crippen molar-refractivity contribution in [1.29, 1.82) is 0 Å². The van der Waals surface area contributed by atoms with Crippen molar-refractivity contribution in [3.8, 4) is 0 Å². The molecular weight excluding hydrogens is 805 g/mol. The minimum absolute atomic E-state index is 0.0949. The number of ether oxygens (including phenoxy) is 3. The van der Waals surface area contributed by atoms with E-state index >= 15 is 0 Å².